The summed E-state index contributed by atoms with van der Waals surface area (Å²) in [7, 11) is 0. The molecule has 29 heavy (non-hydrogen) atoms. The number of benzene rings is 1. The van der Waals surface area contributed by atoms with Crippen LogP contribution < -0.4 is 0 Å². The number of aromatic nitrogens is 1. The highest BCUT2D eigenvalue weighted by Crippen LogP contribution is 2.34. The molecular weight excluding hydrogens is 386 g/mol. The molecule has 0 unspecified atom stereocenters. The van der Waals surface area contributed by atoms with Gasteiger partial charge in [-0.15, -0.1) is 6.42 Å². The van der Waals surface area contributed by atoms with Crippen molar-refractivity contribution in [2.45, 2.75) is 25.8 Å². The molecule has 2 saturated heterocycles. The van der Waals surface area contributed by atoms with Gasteiger partial charge in [0.15, 0.2) is 0 Å². The molecule has 1 aromatic carbocycles. The Morgan fingerprint density at radius 2 is 1.93 bits per heavy atom. The van der Waals surface area contributed by atoms with Gasteiger partial charge >= 0.3 is 0 Å². The van der Waals surface area contributed by atoms with E-state index in [4.69, 9.17) is 6.42 Å². The van der Waals surface area contributed by atoms with Crippen molar-refractivity contribution in [1.29, 1.82) is 0 Å². The number of hydrogen-bond donors (Lipinski definition) is 0. The topological polar surface area (TPSA) is 62.6 Å². The molecule has 0 radical (unpaired) electrons. The van der Waals surface area contributed by atoms with Gasteiger partial charge in [-0.05, 0) is 43.2 Å². The van der Waals surface area contributed by atoms with Crippen LogP contribution in [0.3, 0.4) is 0 Å². The summed E-state index contributed by atoms with van der Waals surface area (Å²) < 4.78 is 1.92. The summed E-state index contributed by atoms with van der Waals surface area (Å²) in [6.45, 7) is 1.85. The maximum absolute atomic E-state index is 12.7. The second kappa shape index (κ2) is 8.18. The van der Waals surface area contributed by atoms with E-state index >= 15 is 0 Å². The number of nitrogens with zero attached hydrogens (tertiary/aromatic N) is 3. The lowest BCUT2D eigenvalue weighted by atomic mass is 10.1. The minimum Gasteiger partial charge on any atom is -0.341 e. The summed E-state index contributed by atoms with van der Waals surface area (Å²) in [4.78, 5) is 40.6. The first-order chi connectivity index (χ1) is 14.1. The van der Waals surface area contributed by atoms with Gasteiger partial charge < -0.3 is 9.47 Å². The maximum atomic E-state index is 12.7. The number of amides is 3. The summed E-state index contributed by atoms with van der Waals surface area (Å²) in [6.07, 6.45) is 12.1. The van der Waals surface area contributed by atoms with E-state index in [9.17, 15) is 14.4 Å². The van der Waals surface area contributed by atoms with E-state index in [-0.39, 0.29) is 30.1 Å². The molecule has 6 nitrogen and oxygen atoms in total. The first-order valence-corrected chi connectivity index (χ1v) is 10.4. The lowest BCUT2D eigenvalue weighted by molar-refractivity contribution is -0.132. The molecule has 0 aliphatic carbocycles. The van der Waals surface area contributed by atoms with Crippen molar-refractivity contribution < 1.29 is 14.4 Å². The number of likely N-dealkylation sites (tertiary alicyclic amines) is 1. The second-order valence-electron chi connectivity index (χ2n) is 7.14. The number of para-hydroxylation sites is 1. The van der Waals surface area contributed by atoms with Gasteiger partial charge in [0, 0.05) is 35.8 Å². The van der Waals surface area contributed by atoms with Crippen LogP contribution in [0.5, 0.6) is 0 Å². The van der Waals surface area contributed by atoms with Crippen LogP contribution in [0.2, 0.25) is 0 Å². The Hall–Kier alpha value is -2.98. The van der Waals surface area contributed by atoms with E-state index in [1.54, 1.807) is 6.08 Å². The van der Waals surface area contributed by atoms with E-state index in [1.165, 1.54) is 6.42 Å². The summed E-state index contributed by atoms with van der Waals surface area (Å²) in [5.41, 5.74) is 1.73. The second-order valence-corrected chi connectivity index (χ2v) is 8.14. The Labute approximate surface area is 173 Å². The molecule has 0 N–H and O–H groups in total. The van der Waals surface area contributed by atoms with Crippen LogP contribution in [0.25, 0.3) is 17.0 Å². The van der Waals surface area contributed by atoms with Gasteiger partial charge in [0.1, 0.15) is 6.54 Å². The lowest BCUT2D eigenvalue weighted by Crippen LogP contribution is -2.37. The summed E-state index contributed by atoms with van der Waals surface area (Å²) in [5, 5.41) is 0.575. The first-order valence-electron chi connectivity index (χ1n) is 9.63. The largest absolute Gasteiger partial charge is 0.341 e. The molecule has 3 amide bonds. The zero-order chi connectivity index (χ0) is 20.4. The zero-order valence-corrected chi connectivity index (χ0v) is 16.8. The van der Waals surface area contributed by atoms with Crippen LogP contribution in [0.15, 0.2) is 35.4 Å². The molecular formula is C22H21N3O3S. The van der Waals surface area contributed by atoms with Crippen LogP contribution in [0.4, 0.5) is 4.79 Å². The summed E-state index contributed by atoms with van der Waals surface area (Å²) in [6, 6.07) is 7.75. The fraction of sp³-hybridized carbons (Fsp3) is 0.318. The monoisotopic (exact) mass is 407 g/mol. The molecule has 2 aromatic rings. The van der Waals surface area contributed by atoms with E-state index in [1.807, 2.05) is 39.9 Å². The highest BCUT2D eigenvalue weighted by Gasteiger charge is 2.34. The Kier molecular flexibility index (Phi) is 5.45. The first kappa shape index (κ1) is 19.3. The van der Waals surface area contributed by atoms with Crippen molar-refractivity contribution in [3.8, 4) is 12.3 Å². The number of carbonyl (C=O) groups excluding carboxylic acids is 3. The van der Waals surface area contributed by atoms with E-state index in [2.05, 4.69) is 5.92 Å². The van der Waals surface area contributed by atoms with Crippen molar-refractivity contribution in [1.82, 2.24) is 14.4 Å². The Morgan fingerprint density at radius 1 is 1.17 bits per heavy atom. The van der Waals surface area contributed by atoms with Crippen molar-refractivity contribution in [3.63, 3.8) is 0 Å². The molecule has 0 atom stereocenters. The van der Waals surface area contributed by atoms with E-state index in [0.29, 0.717) is 4.91 Å². The number of piperidine rings is 1. The number of rotatable bonds is 4. The fourth-order valence-electron chi connectivity index (χ4n) is 3.78. The van der Waals surface area contributed by atoms with Crippen LogP contribution in [0.1, 0.15) is 24.8 Å². The minimum atomic E-state index is -0.376. The van der Waals surface area contributed by atoms with Crippen molar-refractivity contribution in [2.75, 3.05) is 19.6 Å². The average molecular weight is 407 g/mol. The number of imide groups is 1. The lowest BCUT2D eigenvalue weighted by Gasteiger charge is -2.27. The third-order valence-electron chi connectivity index (χ3n) is 5.24. The van der Waals surface area contributed by atoms with Crippen LogP contribution in [0, 0.1) is 12.3 Å². The summed E-state index contributed by atoms with van der Waals surface area (Å²) >= 11 is 0.890. The number of thioether (sulfide) groups is 1. The molecule has 1 aromatic heterocycles. The van der Waals surface area contributed by atoms with Crippen molar-refractivity contribution in [2.24, 2.45) is 0 Å². The van der Waals surface area contributed by atoms with Crippen molar-refractivity contribution >= 4 is 45.8 Å². The van der Waals surface area contributed by atoms with Gasteiger partial charge in [-0.2, -0.15) is 0 Å². The fourth-order valence-corrected chi connectivity index (χ4v) is 4.61. The molecule has 0 saturated carbocycles. The molecule has 2 fully saturated rings. The normalized spacial score (nSPS) is 18.7. The van der Waals surface area contributed by atoms with Gasteiger partial charge in [-0.1, -0.05) is 24.1 Å². The molecule has 7 heteroatoms. The SMILES string of the molecule is C#CCN1C(=O)S/C(=C\c2cn(CC(=O)N3CCCCC3)c3ccccc23)C1=O. The molecule has 0 spiro atoms. The Bertz CT molecular complexity index is 1060. The summed E-state index contributed by atoms with van der Waals surface area (Å²) in [5.74, 6) is 2.07. The van der Waals surface area contributed by atoms with Gasteiger partial charge in [-0.25, -0.2) is 0 Å². The van der Waals surface area contributed by atoms with Gasteiger partial charge in [0.05, 0.1) is 11.4 Å². The number of carbonyl (C=O) groups is 3. The van der Waals surface area contributed by atoms with E-state index < -0.39 is 0 Å². The van der Waals surface area contributed by atoms with Gasteiger partial charge in [0.25, 0.3) is 11.1 Å². The van der Waals surface area contributed by atoms with Crippen LogP contribution in [-0.2, 0) is 16.1 Å². The number of hydrogen-bond acceptors (Lipinski definition) is 4. The third-order valence-corrected chi connectivity index (χ3v) is 6.15. The third kappa shape index (κ3) is 3.81. The average Bonchev–Trinajstić information content (AvgIpc) is 3.21. The molecule has 3 heterocycles. The molecule has 4 rings (SSSR count). The number of fused-ring (bicyclic) bond motifs is 1. The van der Waals surface area contributed by atoms with Crippen LogP contribution in [-0.4, -0.2) is 51.1 Å². The van der Waals surface area contributed by atoms with Crippen molar-refractivity contribution in [3.05, 3.63) is 40.9 Å². The molecule has 2 aliphatic heterocycles. The maximum Gasteiger partial charge on any atom is 0.294 e. The Morgan fingerprint density at radius 3 is 2.69 bits per heavy atom. The minimum absolute atomic E-state index is 0.0336. The standard InChI is InChI=1S/C22H21N3O3S/c1-2-10-25-21(27)19(29-22(25)28)13-16-14-24(18-9-5-4-8-17(16)18)15-20(26)23-11-6-3-7-12-23/h1,4-5,8-9,13-14H,3,6-7,10-12,15H2/b19-13-. The zero-order valence-electron chi connectivity index (χ0n) is 16.0. The van der Waals surface area contributed by atoms with Gasteiger partial charge in [-0.3, -0.25) is 19.3 Å². The predicted molar refractivity (Wildman–Crippen MR) is 114 cm³/mol. The number of terminal acetylenes is 1. The predicted octanol–water partition coefficient (Wildman–Crippen LogP) is 3.32. The highest BCUT2D eigenvalue weighted by molar-refractivity contribution is 8.18. The Balaban J connectivity index is 1.64. The molecule has 2 aliphatic rings. The van der Waals surface area contributed by atoms with Crippen LogP contribution >= 0.6 is 11.8 Å². The van der Waals surface area contributed by atoms with E-state index in [0.717, 1.165) is 59.1 Å². The van der Waals surface area contributed by atoms with Gasteiger partial charge in [0.2, 0.25) is 5.91 Å². The smallest absolute Gasteiger partial charge is 0.294 e. The molecule has 0 bridgehead atoms. The highest BCUT2D eigenvalue weighted by atomic mass is 32.2. The quantitative estimate of drug-likeness (QED) is 0.576. The molecule has 148 valence electrons.